The minimum absolute atomic E-state index is 0.0836. The van der Waals surface area contributed by atoms with Crippen molar-refractivity contribution < 1.29 is 23.4 Å². The zero-order valence-corrected chi connectivity index (χ0v) is 9.20. The Morgan fingerprint density at radius 3 is 2.56 bits per heavy atom. The van der Waals surface area contributed by atoms with Crippen LogP contribution in [0.4, 0.5) is 18.9 Å². The molecule has 0 aliphatic heterocycles. The van der Waals surface area contributed by atoms with Crippen molar-refractivity contribution in [2.75, 3.05) is 18.5 Å². The highest BCUT2D eigenvalue weighted by atomic mass is 19.4. The number of alkyl halides is 3. The summed E-state index contributed by atoms with van der Waals surface area (Å²) in [6.45, 7) is -0.574. The lowest BCUT2D eigenvalue weighted by Crippen LogP contribution is -2.23. The van der Waals surface area contributed by atoms with Crippen molar-refractivity contribution in [3.8, 4) is 6.07 Å². The Labute approximate surface area is 101 Å². The van der Waals surface area contributed by atoms with Crippen LogP contribution >= 0.6 is 0 Å². The highest BCUT2D eigenvalue weighted by molar-refractivity contribution is 5.53. The van der Waals surface area contributed by atoms with Crippen molar-refractivity contribution in [2.24, 2.45) is 0 Å². The maximum atomic E-state index is 12.6. The molecule has 0 heterocycles. The summed E-state index contributed by atoms with van der Waals surface area (Å²) < 4.78 is 37.8. The number of nitriles is 1. The third-order valence-corrected chi connectivity index (χ3v) is 2.20. The van der Waals surface area contributed by atoms with Gasteiger partial charge in [-0.15, -0.1) is 0 Å². The molecule has 0 amide bonds. The Morgan fingerprint density at radius 2 is 2.06 bits per heavy atom. The molecule has 1 aromatic carbocycles. The Hall–Kier alpha value is -1.78. The zero-order chi connectivity index (χ0) is 13.8. The molecule has 0 saturated heterocycles. The van der Waals surface area contributed by atoms with Gasteiger partial charge >= 0.3 is 6.18 Å². The van der Waals surface area contributed by atoms with Gasteiger partial charge in [0.1, 0.15) is 0 Å². The lowest BCUT2D eigenvalue weighted by molar-refractivity contribution is -0.137. The molecule has 1 atom stereocenters. The largest absolute Gasteiger partial charge is 0.417 e. The van der Waals surface area contributed by atoms with Crippen LogP contribution < -0.4 is 5.32 Å². The molecule has 0 aliphatic rings. The lowest BCUT2D eigenvalue weighted by atomic mass is 10.1. The fourth-order valence-corrected chi connectivity index (χ4v) is 1.29. The van der Waals surface area contributed by atoms with Crippen LogP contribution in [-0.4, -0.2) is 29.5 Å². The van der Waals surface area contributed by atoms with Crippen LogP contribution in [0.1, 0.15) is 11.1 Å². The molecular weight excluding hydrogens is 249 g/mol. The fraction of sp³-hybridized carbons (Fsp3) is 0.364. The van der Waals surface area contributed by atoms with E-state index in [1.165, 1.54) is 12.1 Å². The van der Waals surface area contributed by atoms with Crippen molar-refractivity contribution in [2.45, 2.75) is 12.3 Å². The van der Waals surface area contributed by atoms with Crippen LogP contribution in [0.5, 0.6) is 0 Å². The first-order valence-corrected chi connectivity index (χ1v) is 5.02. The summed E-state index contributed by atoms with van der Waals surface area (Å²) in [5.74, 6) is 0. The van der Waals surface area contributed by atoms with Crippen molar-refractivity contribution in [3.05, 3.63) is 29.3 Å². The predicted octanol–water partition coefficient (Wildman–Crippen LogP) is 1.34. The van der Waals surface area contributed by atoms with Gasteiger partial charge in [-0.2, -0.15) is 18.4 Å². The molecule has 1 aromatic rings. The Bertz CT molecular complexity index is 455. The number of anilines is 1. The zero-order valence-electron chi connectivity index (χ0n) is 9.20. The highest BCUT2D eigenvalue weighted by Gasteiger charge is 2.33. The Kier molecular flexibility index (Phi) is 4.53. The minimum Gasteiger partial charge on any atom is -0.394 e. The number of nitrogens with one attached hydrogen (secondary N) is 1. The van der Waals surface area contributed by atoms with E-state index in [1.807, 2.05) is 0 Å². The summed E-state index contributed by atoms with van der Waals surface area (Å²) >= 11 is 0. The summed E-state index contributed by atoms with van der Waals surface area (Å²) in [6, 6.07) is 4.62. The van der Waals surface area contributed by atoms with Crippen LogP contribution in [0.15, 0.2) is 18.2 Å². The number of hydrogen-bond donors (Lipinski definition) is 3. The molecule has 4 nitrogen and oxygen atoms in total. The molecule has 0 bridgehead atoms. The molecule has 1 rings (SSSR count). The number of halogens is 3. The van der Waals surface area contributed by atoms with E-state index in [-0.39, 0.29) is 12.2 Å². The van der Waals surface area contributed by atoms with E-state index in [4.69, 9.17) is 15.5 Å². The topological polar surface area (TPSA) is 76.3 Å². The van der Waals surface area contributed by atoms with E-state index in [0.29, 0.717) is 0 Å². The van der Waals surface area contributed by atoms with Crippen LogP contribution in [-0.2, 0) is 6.18 Å². The predicted molar refractivity (Wildman–Crippen MR) is 57.7 cm³/mol. The van der Waals surface area contributed by atoms with Gasteiger partial charge in [0.2, 0.25) is 0 Å². The van der Waals surface area contributed by atoms with Crippen LogP contribution in [0.25, 0.3) is 0 Å². The van der Waals surface area contributed by atoms with E-state index in [9.17, 15) is 13.2 Å². The maximum Gasteiger partial charge on any atom is 0.417 e. The number of nitrogens with zero attached hydrogens (tertiary/aromatic N) is 1. The summed E-state index contributed by atoms with van der Waals surface area (Å²) in [6.07, 6.45) is -5.67. The molecule has 0 aromatic heterocycles. The minimum atomic E-state index is -4.61. The summed E-state index contributed by atoms with van der Waals surface area (Å²) in [5, 5.41) is 28.8. The van der Waals surface area contributed by atoms with Crippen LogP contribution in [0.2, 0.25) is 0 Å². The second-order valence-corrected chi connectivity index (χ2v) is 3.59. The van der Waals surface area contributed by atoms with Crippen molar-refractivity contribution >= 4 is 5.69 Å². The van der Waals surface area contributed by atoms with Crippen molar-refractivity contribution in [1.82, 2.24) is 0 Å². The van der Waals surface area contributed by atoms with Gasteiger partial charge in [-0.1, -0.05) is 0 Å². The van der Waals surface area contributed by atoms with E-state index < -0.39 is 30.0 Å². The number of rotatable bonds is 4. The van der Waals surface area contributed by atoms with Gasteiger partial charge in [0.25, 0.3) is 0 Å². The normalized spacial score (nSPS) is 12.9. The Balaban J connectivity index is 2.94. The molecular formula is C11H11F3N2O2. The molecule has 3 N–H and O–H groups in total. The SMILES string of the molecule is N#Cc1ccc(NC[C@H](O)CO)cc1C(F)(F)F. The highest BCUT2D eigenvalue weighted by Crippen LogP contribution is 2.33. The van der Waals surface area contributed by atoms with E-state index in [0.717, 1.165) is 12.1 Å². The summed E-state index contributed by atoms with van der Waals surface area (Å²) in [5.41, 5.74) is -1.38. The quantitative estimate of drug-likeness (QED) is 0.763. The average molecular weight is 260 g/mol. The molecule has 18 heavy (non-hydrogen) atoms. The molecule has 0 saturated carbocycles. The van der Waals surface area contributed by atoms with Gasteiger partial charge in [0.15, 0.2) is 0 Å². The third kappa shape index (κ3) is 3.61. The number of aliphatic hydroxyl groups is 2. The second kappa shape index (κ2) is 5.71. The molecule has 98 valence electrons. The van der Waals surface area contributed by atoms with E-state index >= 15 is 0 Å². The van der Waals surface area contributed by atoms with Crippen LogP contribution in [0.3, 0.4) is 0 Å². The number of hydrogen-bond acceptors (Lipinski definition) is 4. The maximum absolute atomic E-state index is 12.6. The monoisotopic (exact) mass is 260 g/mol. The lowest BCUT2D eigenvalue weighted by Gasteiger charge is -2.13. The second-order valence-electron chi connectivity index (χ2n) is 3.59. The molecule has 0 unspecified atom stereocenters. The van der Waals surface area contributed by atoms with Gasteiger partial charge in [0.05, 0.1) is 29.9 Å². The smallest absolute Gasteiger partial charge is 0.394 e. The average Bonchev–Trinajstić information content (AvgIpc) is 2.34. The first-order valence-electron chi connectivity index (χ1n) is 5.02. The first-order chi connectivity index (χ1) is 8.38. The summed E-state index contributed by atoms with van der Waals surface area (Å²) in [7, 11) is 0. The van der Waals surface area contributed by atoms with E-state index in [2.05, 4.69) is 5.32 Å². The molecule has 7 heteroatoms. The van der Waals surface area contributed by atoms with Gasteiger partial charge in [-0.3, -0.25) is 0 Å². The molecule has 0 aliphatic carbocycles. The van der Waals surface area contributed by atoms with Crippen LogP contribution in [0, 0.1) is 11.3 Å². The Morgan fingerprint density at radius 1 is 1.39 bits per heavy atom. The van der Waals surface area contributed by atoms with Gasteiger partial charge in [0, 0.05) is 12.2 Å². The number of aliphatic hydroxyl groups excluding tert-OH is 2. The molecule has 0 spiro atoms. The number of benzene rings is 1. The summed E-state index contributed by atoms with van der Waals surface area (Å²) in [4.78, 5) is 0. The first kappa shape index (κ1) is 14.3. The van der Waals surface area contributed by atoms with Crippen molar-refractivity contribution in [3.63, 3.8) is 0 Å². The van der Waals surface area contributed by atoms with Crippen molar-refractivity contribution in [1.29, 1.82) is 5.26 Å². The molecule has 0 radical (unpaired) electrons. The van der Waals surface area contributed by atoms with Gasteiger partial charge < -0.3 is 15.5 Å². The standard InChI is InChI=1S/C11H11F3N2O2/c12-11(13,14)10-3-8(2-1-7(10)4-15)16-5-9(18)6-17/h1-3,9,16-18H,5-6H2/t9-/m0/s1. The fourth-order valence-electron chi connectivity index (χ4n) is 1.29. The molecule has 0 fully saturated rings. The van der Waals surface area contributed by atoms with Gasteiger partial charge in [-0.05, 0) is 18.2 Å². The van der Waals surface area contributed by atoms with Gasteiger partial charge in [-0.25, -0.2) is 0 Å². The van der Waals surface area contributed by atoms with E-state index in [1.54, 1.807) is 0 Å². The third-order valence-electron chi connectivity index (χ3n) is 2.20.